The van der Waals surface area contributed by atoms with Gasteiger partial charge in [-0.15, -0.1) is 11.3 Å². The molecule has 0 atom stereocenters. The van der Waals surface area contributed by atoms with Crippen LogP contribution in [0.5, 0.6) is 5.88 Å². The second-order valence-corrected chi connectivity index (χ2v) is 5.39. The van der Waals surface area contributed by atoms with Gasteiger partial charge in [-0.1, -0.05) is 11.6 Å². The normalized spacial score (nSPS) is 10.9. The molecule has 104 valence electrons. The molecule has 0 unspecified atom stereocenters. The van der Waals surface area contributed by atoms with Gasteiger partial charge in [-0.3, -0.25) is 4.40 Å². The quantitative estimate of drug-likeness (QED) is 0.796. The van der Waals surface area contributed by atoms with Crippen LogP contribution in [0.3, 0.4) is 0 Å². The number of benzene rings is 1. The first-order valence-electron chi connectivity index (χ1n) is 5.86. The van der Waals surface area contributed by atoms with Gasteiger partial charge in [-0.2, -0.15) is 4.98 Å². The molecule has 3 rings (SSSR count). The number of nitrogens with one attached hydrogen (secondary N) is 1. The van der Waals surface area contributed by atoms with Gasteiger partial charge in [0.1, 0.15) is 11.5 Å². The molecule has 0 saturated heterocycles. The molecule has 0 aliphatic heterocycles. The molecule has 0 amide bonds. The van der Waals surface area contributed by atoms with E-state index in [1.165, 1.54) is 17.4 Å². The molecule has 4 nitrogen and oxygen atoms in total. The summed E-state index contributed by atoms with van der Waals surface area (Å²) in [6.45, 7) is 0.503. The predicted octanol–water partition coefficient (Wildman–Crippen LogP) is 3.81. The summed E-state index contributed by atoms with van der Waals surface area (Å²) >= 11 is 7.29. The van der Waals surface area contributed by atoms with Crippen LogP contribution in [-0.2, 0) is 6.54 Å². The van der Waals surface area contributed by atoms with Crippen molar-refractivity contribution in [2.24, 2.45) is 0 Å². The second kappa shape index (κ2) is 5.30. The molecule has 0 bridgehead atoms. The van der Waals surface area contributed by atoms with Crippen molar-refractivity contribution in [3.8, 4) is 5.88 Å². The molecule has 0 aliphatic rings. The van der Waals surface area contributed by atoms with E-state index in [1.807, 2.05) is 16.0 Å². The van der Waals surface area contributed by atoms with Crippen LogP contribution in [0.2, 0.25) is 5.02 Å². The molecule has 0 spiro atoms. The van der Waals surface area contributed by atoms with Gasteiger partial charge < -0.3 is 10.1 Å². The Hall–Kier alpha value is -1.79. The summed E-state index contributed by atoms with van der Waals surface area (Å²) in [6.07, 6.45) is 1.93. The molecule has 3 aromatic rings. The van der Waals surface area contributed by atoms with E-state index in [0.29, 0.717) is 12.4 Å². The topological polar surface area (TPSA) is 38.6 Å². The first-order valence-corrected chi connectivity index (χ1v) is 7.12. The first kappa shape index (κ1) is 13.2. The highest BCUT2D eigenvalue weighted by Gasteiger charge is 2.13. The van der Waals surface area contributed by atoms with E-state index in [2.05, 4.69) is 10.3 Å². The Morgan fingerprint density at radius 3 is 3.10 bits per heavy atom. The minimum Gasteiger partial charge on any atom is -0.480 e. The zero-order valence-electron chi connectivity index (χ0n) is 10.6. The number of rotatable bonds is 4. The summed E-state index contributed by atoms with van der Waals surface area (Å²) in [5.74, 6) is 0.150. The maximum absolute atomic E-state index is 13.1. The van der Waals surface area contributed by atoms with Crippen molar-refractivity contribution >= 4 is 33.6 Å². The van der Waals surface area contributed by atoms with Gasteiger partial charge in [-0.25, -0.2) is 4.39 Å². The van der Waals surface area contributed by atoms with Crippen LogP contribution in [0, 0.1) is 5.82 Å². The Morgan fingerprint density at radius 1 is 1.50 bits per heavy atom. The molecule has 7 heteroatoms. The molecule has 2 aromatic heterocycles. The molecule has 0 saturated carbocycles. The Labute approximate surface area is 123 Å². The number of nitrogens with zero attached hydrogens (tertiary/aromatic N) is 2. The largest absolute Gasteiger partial charge is 0.480 e. The molecule has 0 fully saturated rings. The minimum absolute atomic E-state index is 0.0935. The van der Waals surface area contributed by atoms with E-state index in [4.69, 9.17) is 16.3 Å². The maximum atomic E-state index is 13.1. The molecule has 20 heavy (non-hydrogen) atoms. The number of halogens is 2. The summed E-state index contributed by atoms with van der Waals surface area (Å²) in [5.41, 5.74) is 1.65. The monoisotopic (exact) mass is 311 g/mol. The summed E-state index contributed by atoms with van der Waals surface area (Å²) in [4.78, 5) is 5.24. The third kappa shape index (κ3) is 2.32. The number of hydrogen-bond donors (Lipinski definition) is 1. The average Bonchev–Trinajstić information content (AvgIpc) is 3.00. The van der Waals surface area contributed by atoms with Crippen LogP contribution in [0.25, 0.3) is 4.96 Å². The van der Waals surface area contributed by atoms with E-state index < -0.39 is 5.82 Å². The van der Waals surface area contributed by atoms with Crippen LogP contribution in [0.4, 0.5) is 10.1 Å². The van der Waals surface area contributed by atoms with E-state index in [1.54, 1.807) is 19.2 Å². The van der Waals surface area contributed by atoms with Crippen LogP contribution in [0.1, 0.15) is 5.69 Å². The van der Waals surface area contributed by atoms with Gasteiger partial charge in [-0.05, 0) is 18.2 Å². The molecule has 0 aliphatic carbocycles. The van der Waals surface area contributed by atoms with Crippen molar-refractivity contribution in [1.82, 2.24) is 9.38 Å². The van der Waals surface area contributed by atoms with Crippen molar-refractivity contribution in [2.45, 2.75) is 6.54 Å². The van der Waals surface area contributed by atoms with Crippen molar-refractivity contribution in [3.63, 3.8) is 0 Å². The average molecular weight is 312 g/mol. The zero-order chi connectivity index (χ0) is 14.1. The number of imidazole rings is 1. The van der Waals surface area contributed by atoms with Crippen LogP contribution < -0.4 is 10.1 Å². The van der Waals surface area contributed by atoms with Crippen molar-refractivity contribution in [2.75, 3.05) is 12.4 Å². The third-order valence-corrected chi connectivity index (χ3v) is 3.94. The number of fused-ring (bicyclic) bond motifs is 1. The van der Waals surface area contributed by atoms with E-state index in [-0.39, 0.29) is 5.02 Å². The maximum Gasteiger partial charge on any atom is 0.238 e. The zero-order valence-corrected chi connectivity index (χ0v) is 12.1. The van der Waals surface area contributed by atoms with Gasteiger partial charge in [0.05, 0.1) is 18.7 Å². The van der Waals surface area contributed by atoms with E-state index in [9.17, 15) is 4.39 Å². The number of methoxy groups -OCH3 is 1. The lowest BCUT2D eigenvalue weighted by atomic mass is 10.3. The first-order chi connectivity index (χ1) is 9.69. The lowest BCUT2D eigenvalue weighted by molar-refractivity contribution is 0.395. The Bertz CT molecular complexity index is 755. The lowest BCUT2D eigenvalue weighted by Crippen LogP contribution is -2.03. The highest BCUT2D eigenvalue weighted by molar-refractivity contribution is 7.15. The van der Waals surface area contributed by atoms with Crippen molar-refractivity contribution < 1.29 is 9.13 Å². The van der Waals surface area contributed by atoms with Crippen LogP contribution in [-0.4, -0.2) is 16.5 Å². The molecule has 1 aromatic carbocycles. The van der Waals surface area contributed by atoms with Gasteiger partial charge >= 0.3 is 0 Å². The molecule has 2 heterocycles. The molecule has 1 N–H and O–H groups in total. The summed E-state index contributed by atoms with van der Waals surface area (Å²) < 4.78 is 20.3. The summed E-state index contributed by atoms with van der Waals surface area (Å²) in [6, 6.07) is 4.52. The SMILES string of the molecule is COc1nc2sccn2c1CNc1ccc(F)c(Cl)c1. The second-order valence-electron chi connectivity index (χ2n) is 4.11. The van der Waals surface area contributed by atoms with Crippen molar-refractivity contribution in [3.05, 3.63) is 46.3 Å². The van der Waals surface area contributed by atoms with Gasteiger partial charge in [0.15, 0.2) is 4.96 Å². The lowest BCUT2D eigenvalue weighted by Gasteiger charge is -2.07. The van der Waals surface area contributed by atoms with Gasteiger partial charge in [0.25, 0.3) is 0 Å². The molecular weight excluding hydrogens is 301 g/mol. The van der Waals surface area contributed by atoms with E-state index >= 15 is 0 Å². The number of anilines is 1. The fraction of sp³-hybridized carbons (Fsp3) is 0.154. The van der Waals surface area contributed by atoms with Crippen LogP contribution >= 0.6 is 22.9 Å². The van der Waals surface area contributed by atoms with E-state index in [0.717, 1.165) is 16.3 Å². The molecular formula is C13H11ClFN3OS. The smallest absolute Gasteiger partial charge is 0.238 e. The standard InChI is InChI=1S/C13H11ClFN3OS/c1-19-12-11(18-4-5-20-13(18)17-12)7-16-8-2-3-10(15)9(14)6-8/h2-6,16H,7H2,1H3. The highest BCUT2D eigenvalue weighted by Crippen LogP contribution is 2.25. The molecule has 0 radical (unpaired) electrons. The Kier molecular flexibility index (Phi) is 3.50. The highest BCUT2D eigenvalue weighted by atomic mass is 35.5. The van der Waals surface area contributed by atoms with Gasteiger partial charge in [0, 0.05) is 17.3 Å². The minimum atomic E-state index is -0.431. The van der Waals surface area contributed by atoms with Crippen molar-refractivity contribution in [1.29, 1.82) is 0 Å². The number of aromatic nitrogens is 2. The Morgan fingerprint density at radius 2 is 2.35 bits per heavy atom. The van der Waals surface area contributed by atoms with Gasteiger partial charge in [0.2, 0.25) is 5.88 Å². The summed E-state index contributed by atoms with van der Waals surface area (Å²) in [5, 5.41) is 5.24. The predicted molar refractivity (Wildman–Crippen MR) is 78.4 cm³/mol. The van der Waals surface area contributed by atoms with Crippen LogP contribution in [0.15, 0.2) is 29.8 Å². The number of hydrogen-bond acceptors (Lipinski definition) is 4. The third-order valence-electron chi connectivity index (χ3n) is 2.90. The summed E-state index contributed by atoms with van der Waals surface area (Å²) in [7, 11) is 1.59. The number of ether oxygens (including phenoxy) is 1. The Balaban J connectivity index is 1.85. The fourth-order valence-corrected chi connectivity index (χ4v) is 2.83. The number of thiazole rings is 1. The fourth-order valence-electron chi connectivity index (χ4n) is 1.93.